The highest BCUT2D eigenvalue weighted by Gasteiger charge is 2.13. The number of aryl methyl sites for hydroxylation is 1. The summed E-state index contributed by atoms with van der Waals surface area (Å²) in [6.07, 6.45) is 0. The molecule has 0 radical (unpaired) electrons. The minimum Gasteiger partial charge on any atom is -0.207 e. The van der Waals surface area contributed by atoms with Crippen LogP contribution in [0.2, 0.25) is 5.02 Å². The molecule has 94 valence electrons. The van der Waals surface area contributed by atoms with E-state index in [9.17, 15) is 8.78 Å². The van der Waals surface area contributed by atoms with Gasteiger partial charge in [0.2, 0.25) is 0 Å². The average Bonchev–Trinajstić information content (AvgIpc) is 2.35. The SMILES string of the molecule is Cc1cc(C(Cl)c2ccc(F)c(Cl)c2)ccc1F. The van der Waals surface area contributed by atoms with Gasteiger partial charge in [0, 0.05) is 0 Å². The molecule has 0 aliphatic rings. The Morgan fingerprint density at radius 1 is 0.944 bits per heavy atom. The molecule has 2 rings (SSSR count). The van der Waals surface area contributed by atoms with Gasteiger partial charge >= 0.3 is 0 Å². The predicted molar refractivity (Wildman–Crippen MR) is 70.2 cm³/mol. The van der Waals surface area contributed by atoms with E-state index in [4.69, 9.17) is 23.2 Å². The van der Waals surface area contributed by atoms with Crippen LogP contribution in [0.4, 0.5) is 8.78 Å². The largest absolute Gasteiger partial charge is 0.207 e. The molecule has 0 spiro atoms. The van der Waals surface area contributed by atoms with Crippen LogP contribution in [0.25, 0.3) is 0 Å². The number of alkyl halides is 1. The Bertz CT molecular complexity index is 531. The van der Waals surface area contributed by atoms with E-state index in [0.717, 1.165) is 5.56 Å². The smallest absolute Gasteiger partial charge is 0.141 e. The van der Waals surface area contributed by atoms with Crippen molar-refractivity contribution in [3.8, 4) is 0 Å². The molecule has 2 aromatic carbocycles. The second-order valence-electron chi connectivity index (χ2n) is 4.04. The van der Waals surface area contributed by atoms with Gasteiger partial charge in [-0.25, -0.2) is 8.78 Å². The van der Waals surface area contributed by atoms with Crippen LogP contribution in [-0.4, -0.2) is 0 Å². The lowest BCUT2D eigenvalue weighted by Crippen LogP contribution is -1.96. The van der Waals surface area contributed by atoms with Crippen molar-refractivity contribution in [2.75, 3.05) is 0 Å². The van der Waals surface area contributed by atoms with Gasteiger partial charge < -0.3 is 0 Å². The summed E-state index contributed by atoms with van der Waals surface area (Å²) in [6, 6.07) is 8.96. The zero-order valence-corrected chi connectivity index (χ0v) is 11.1. The van der Waals surface area contributed by atoms with E-state index in [1.54, 1.807) is 25.1 Å². The normalized spacial score (nSPS) is 12.5. The second-order valence-corrected chi connectivity index (χ2v) is 4.89. The average molecular weight is 287 g/mol. The molecule has 0 saturated carbocycles. The summed E-state index contributed by atoms with van der Waals surface area (Å²) in [5.41, 5.74) is 1.94. The van der Waals surface area contributed by atoms with Crippen LogP contribution in [0.3, 0.4) is 0 Å². The first-order valence-electron chi connectivity index (χ1n) is 5.34. The molecule has 0 aliphatic heterocycles. The summed E-state index contributed by atoms with van der Waals surface area (Å²) in [5.74, 6) is -0.765. The minimum atomic E-state index is -0.487. The first kappa shape index (κ1) is 13.3. The number of hydrogen-bond donors (Lipinski definition) is 0. The van der Waals surface area contributed by atoms with Crippen LogP contribution >= 0.6 is 23.2 Å². The molecular weight excluding hydrogens is 277 g/mol. The fraction of sp³-hybridized carbons (Fsp3) is 0.143. The van der Waals surface area contributed by atoms with E-state index in [2.05, 4.69) is 0 Å². The number of benzene rings is 2. The summed E-state index contributed by atoms with van der Waals surface area (Å²) < 4.78 is 26.2. The van der Waals surface area contributed by atoms with Gasteiger partial charge in [0.05, 0.1) is 10.4 Å². The second kappa shape index (κ2) is 5.25. The van der Waals surface area contributed by atoms with Gasteiger partial charge in [-0.05, 0) is 41.8 Å². The maximum absolute atomic E-state index is 13.2. The summed E-state index contributed by atoms with van der Waals surface area (Å²) >= 11 is 12.0. The molecular formula is C14H10Cl2F2. The molecule has 0 bridgehead atoms. The van der Waals surface area contributed by atoms with Gasteiger partial charge in [0.1, 0.15) is 11.6 Å². The van der Waals surface area contributed by atoms with Crippen molar-refractivity contribution in [1.82, 2.24) is 0 Å². The Morgan fingerprint density at radius 3 is 2.06 bits per heavy atom. The minimum absolute atomic E-state index is 0.0250. The maximum Gasteiger partial charge on any atom is 0.141 e. The molecule has 0 amide bonds. The molecule has 1 atom stereocenters. The molecule has 0 heterocycles. The van der Waals surface area contributed by atoms with E-state index < -0.39 is 11.2 Å². The quantitative estimate of drug-likeness (QED) is 0.661. The van der Waals surface area contributed by atoms with E-state index in [0.29, 0.717) is 11.1 Å². The van der Waals surface area contributed by atoms with Crippen LogP contribution in [0, 0.1) is 18.6 Å². The third-order valence-corrected chi connectivity index (χ3v) is 3.50. The topological polar surface area (TPSA) is 0 Å². The van der Waals surface area contributed by atoms with Crippen LogP contribution in [-0.2, 0) is 0 Å². The molecule has 0 nitrogen and oxygen atoms in total. The lowest BCUT2D eigenvalue weighted by molar-refractivity contribution is 0.617. The molecule has 0 fully saturated rings. The van der Waals surface area contributed by atoms with Crippen molar-refractivity contribution in [1.29, 1.82) is 0 Å². The standard InChI is InChI=1S/C14H10Cl2F2/c1-8-6-9(2-4-12(8)17)14(16)10-3-5-13(18)11(15)7-10/h2-7,14H,1H3. The molecule has 18 heavy (non-hydrogen) atoms. The van der Waals surface area contributed by atoms with E-state index >= 15 is 0 Å². The van der Waals surface area contributed by atoms with E-state index in [1.165, 1.54) is 18.2 Å². The summed E-state index contributed by atoms with van der Waals surface area (Å²) in [7, 11) is 0. The molecule has 0 N–H and O–H groups in total. The fourth-order valence-electron chi connectivity index (χ4n) is 1.69. The summed E-state index contributed by atoms with van der Waals surface area (Å²) in [4.78, 5) is 0. The molecule has 0 aromatic heterocycles. The summed E-state index contributed by atoms with van der Waals surface area (Å²) in [6.45, 7) is 1.67. The lowest BCUT2D eigenvalue weighted by atomic mass is 10.0. The van der Waals surface area contributed by atoms with Crippen LogP contribution in [0.5, 0.6) is 0 Å². The summed E-state index contributed by atoms with van der Waals surface area (Å²) in [5, 5.41) is -0.459. The third-order valence-electron chi connectivity index (χ3n) is 2.71. The monoisotopic (exact) mass is 286 g/mol. The third kappa shape index (κ3) is 2.65. The van der Waals surface area contributed by atoms with Crippen molar-refractivity contribution in [2.24, 2.45) is 0 Å². The van der Waals surface area contributed by atoms with E-state index in [-0.39, 0.29) is 10.8 Å². The molecule has 1 unspecified atom stereocenters. The zero-order valence-electron chi connectivity index (χ0n) is 9.55. The van der Waals surface area contributed by atoms with Crippen molar-refractivity contribution in [3.63, 3.8) is 0 Å². The van der Waals surface area contributed by atoms with Crippen LogP contribution in [0.15, 0.2) is 36.4 Å². The Balaban J connectivity index is 2.37. The lowest BCUT2D eigenvalue weighted by Gasteiger charge is -2.12. The Morgan fingerprint density at radius 2 is 1.50 bits per heavy atom. The van der Waals surface area contributed by atoms with Gasteiger partial charge in [0.15, 0.2) is 0 Å². The van der Waals surface area contributed by atoms with Crippen LogP contribution in [0.1, 0.15) is 22.1 Å². The molecule has 0 aliphatic carbocycles. The van der Waals surface area contributed by atoms with Crippen molar-refractivity contribution in [3.05, 3.63) is 69.7 Å². The highest BCUT2D eigenvalue weighted by atomic mass is 35.5. The Hall–Kier alpha value is -1.12. The first-order valence-corrected chi connectivity index (χ1v) is 6.15. The first-order chi connectivity index (χ1) is 8.49. The number of rotatable bonds is 2. The van der Waals surface area contributed by atoms with Gasteiger partial charge in [-0.1, -0.05) is 29.8 Å². The molecule has 2 aromatic rings. The van der Waals surface area contributed by atoms with E-state index in [1.807, 2.05) is 0 Å². The maximum atomic E-state index is 13.2. The Labute approximate surface area is 114 Å². The fourth-order valence-corrected chi connectivity index (χ4v) is 2.15. The number of hydrogen-bond acceptors (Lipinski definition) is 0. The Kier molecular flexibility index (Phi) is 3.88. The number of halogens is 4. The van der Waals surface area contributed by atoms with Gasteiger partial charge in [-0.3, -0.25) is 0 Å². The van der Waals surface area contributed by atoms with Crippen molar-refractivity contribution in [2.45, 2.75) is 12.3 Å². The highest BCUT2D eigenvalue weighted by Crippen LogP contribution is 2.31. The van der Waals surface area contributed by atoms with Gasteiger partial charge in [0.25, 0.3) is 0 Å². The van der Waals surface area contributed by atoms with Crippen molar-refractivity contribution < 1.29 is 8.78 Å². The van der Waals surface area contributed by atoms with Crippen LogP contribution < -0.4 is 0 Å². The zero-order chi connectivity index (χ0) is 13.3. The van der Waals surface area contributed by atoms with Gasteiger partial charge in [-0.2, -0.15) is 0 Å². The molecule has 4 heteroatoms. The highest BCUT2D eigenvalue weighted by molar-refractivity contribution is 6.31. The molecule has 0 saturated heterocycles. The predicted octanol–water partition coefficient (Wildman–Crippen LogP) is 5.25. The van der Waals surface area contributed by atoms with Gasteiger partial charge in [-0.15, -0.1) is 11.6 Å². The van der Waals surface area contributed by atoms with Crippen molar-refractivity contribution >= 4 is 23.2 Å².